The minimum absolute atomic E-state index is 0.172. The molecule has 22 heavy (non-hydrogen) atoms. The normalized spacial score (nSPS) is 12.0. The highest BCUT2D eigenvalue weighted by Crippen LogP contribution is 2.19. The summed E-state index contributed by atoms with van der Waals surface area (Å²) < 4.78 is 9.38. The highest BCUT2D eigenvalue weighted by atomic mass is 16.7. The average Bonchev–Trinajstić information content (AvgIpc) is 2.48. The maximum Gasteiger partial charge on any atom is 0.516 e. The van der Waals surface area contributed by atoms with E-state index in [9.17, 15) is 9.59 Å². The molecule has 1 unspecified atom stereocenters. The largest absolute Gasteiger partial charge is 0.516 e. The van der Waals surface area contributed by atoms with Crippen molar-refractivity contribution in [3.8, 4) is 0 Å². The summed E-state index contributed by atoms with van der Waals surface area (Å²) >= 11 is 0. The van der Waals surface area contributed by atoms with E-state index in [1.807, 2.05) is 6.92 Å². The van der Waals surface area contributed by atoms with Crippen molar-refractivity contribution in [3.63, 3.8) is 0 Å². The quantitative estimate of drug-likeness (QED) is 0.251. The maximum absolute atomic E-state index is 11.9. The smallest absolute Gasteiger partial charge is 0.434 e. The molecular formula is C18H34O4. The Bertz CT molecular complexity index is 289. The second-order valence-electron chi connectivity index (χ2n) is 5.85. The van der Waals surface area contributed by atoms with E-state index >= 15 is 0 Å². The van der Waals surface area contributed by atoms with Gasteiger partial charge in [0, 0.05) is 0 Å². The first-order chi connectivity index (χ1) is 10.7. The summed E-state index contributed by atoms with van der Waals surface area (Å²) in [5.74, 6) is -0.599. The van der Waals surface area contributed by atoms with Gasteiger partial charge in [0.1, 0.15) is 0 Å². The van der Waals surface area contributed by atoms with Crippen molar-refractivity contribution < 1.29 is 19.1 Å². The van der Waals surface area contributed by atoms with Crippen LogP contribution in [0.15, 0.2) is 0 Å². The summed E-state index contributed by atoms with van der Waals surface area (Å²) in [7, 11) is 0. The van der Waals surface area contributed by atoms with Gasteiger partial charge < -0.3 is 9.47 Å². The van der Waals surface area contributed by atoms with Gasteiger partial charge in [-0.1, -0.05) is 71.6 Å². The van der Waals surface area contributed by atoms with Crippen LogP contribution in [0.2, 0.25) is 0 Å². The van der Waals surface area contributed by atoms with Gasteiger partial charge in [0.05, 0.1) is 12.5 Å². The molecule has 4 heteroatoms. The molecule has 0 rings (SSSR count). The summed E-state index contributed by atoms with van der Waals surface area (Å²) in [4.78, 5) is 23.1. The van der Waals surface area contributed by atoms with Crippen molar-refractivity contribution in [3.05, 3.63) is 0 Å². The molecule has 0 radical (unpaired) electrons. The molecule has 0 N–H and O–H groups in total. The van der Waals surface area contributed by atoms with E-state index in [4.69, 9.17) is 4.74 Å². The van der Waals surface area contributed by atoms with Crippen LogP contribution in [-0.4, -0.2) is 18.7 Å². The first-order valence-electron chi connectivity index (χ1n) is 9.04. The molecule has 0 aliphatic heterocycles. The molecule has 0 spiro atoms. The first kappa shape index (κ1) is 20.9. The number of esters is 1. The van der Waals surface area contributed by atoms with Crippen molar-refractivity contribution in [1.29, 1.82) is 0 Å². The van der Waals surface area contributed by atoms with Crippen molar-refractivity contribution in [2.75, 3.05) is 6.61 Å². The molecule has 0 aliphatic rings. The number of rotatable bonds is 13. The van der Waals surface area contributed by atoms with E-state index in [-0.39, 0.29) is 12.5 Å². The fourth-order valence-corrected chi connectivity index (χ4v) is 2.57. The van der Waals surface area contributed by atoms with Crippen molar-refractivity contribution in [2.45, 2.75) is 91.4 Å². The fraction of sp³-hybridized carbons (Fsp3) is 0.889. The molecule has 0 saturated carbocycles. The average molecular weight is 314 g/mol. The zero-order valence-electron chi connectivity index (χ0n) is 14.7. The molecule has 0 fully saturated rings. The van der Waals surface area contributed by atoms with Gasteiger partial charge in [-0.15, -0.1) is 0 Å². The van der Waals surface area contributed by atoms with Gasteiger partial charge in [0.15, 0.2) is 0 Å². The van der Waals surface area contributed by atoms with Crippen molar-refractivity contribution >= 4 is 12.1 Å². The third-order valence-corrected chi connectivity index (χ3v) is 3.82. The van der Waals surface area contributed by atoms with E-state index in [0.717, 1.165) is 32.1 Å². The molecule has 0 saturated heterocycles. The van der Waals surface area contributed by atoms with Crippen LogP contribution < -0.4 is 0 Å². The van der Waals surface area contributed by atoms with Crippen molar-refractivity contribution in [2.24, 2.45) is 5.92 Å². The molecule has 1 atom stereocenters. The number of hydrogen-bond acceptors (Lipinski definition) is 4. The molecule has 0 aromatic heterocycles. The van der Waals surface area contributed by atoms with Gasteiger partial charge in [0.2, 0.25) is 0 Å². The Kier molecular flexibility index (Phi) is 14.1. The third kappa shape index (κ3) is 11.6. The Morgan fingerprint density at radius 1 is 0.773 bits per heavy atom. The third-order valence-electron chi connectivity index (χ3n) is 3.82. The molecule has 0 heterocycles. The lowest BCUT2D eigenvalue weighted by atomic mass is 9.96. The number of ether oxygens (including phenoxy) is 2. The molecule has 0 aromatic rings. The van der Waals surface area contributed by atoms with E-state index in [1.165, 1.54) is 38.5 Å². The molecule has 0 aliphatic carbocycles. The lowest BCUT2D eigenvalue weighted by Crippen LogP contribution is -2.22. The highest BCUT2D eigenvalue weighted by molar-refractivity contribution is 5.83. The van der Waals surface area contributed by atoms with Crippen LogP contribution >= 0.6 is 0 Å². The van der Waals surface area contributed by atoms with Crippen LogP contribution in [0, 0.1) is 5.92 Å². The lowest BCUT2D eigenvalue weighted by molar-refractivity contribution is -0.145. The minimum Gasteiger partial charge on any atom is -0.434 e. The maximum atomic E-state index is 11.9. The second-order valence-corrected chi connectivity index (χ2v) is 5.85. The Labute approximate surface area is 135 Å². The highest BCUT2D eigenvalue weighted by Gasteiger charge is 2.22. The second kappa shape index (κ2) is 14.9. The molecule has 130 valence electrons. The zero-order valence-corrected chi connectivity index (χ0v) is 14.7. The van der Waals surface area contributed by atoms with Gasteiger partial charge in [-0.05, 0) is 19.8 Å². The molecule has 4 nitrogen and oxygen atoms in total. The number of hydrogen-bond donors (Lipinski definition) is 0. The van der Waals surface area contributed by atoms with E-state index < -0.39 is 12.1 Å². The van der Waals surface area contributed by atoms with E-state index in [1.54, 1.807) is 6.92 Å². The summed E-state index contributed by atoms with van der Waals surface area (Å²) in [6.07, 6.45) is 11.6. The number of unbranched alkanes of at least 4 members (excludes halogenated alkanes) is 7. The standard InChI is InChI=1S/C18H34O4/c1-4-7-8-9-10-11-12-13-15-16(14-5-2)17(19)22-18(20)21-6-3/h16H,4-15H2,1-3H3. The Hall–Kier alpha value is -1.06. The van der Waals surface area contributed by atoms with E-state index in [2.05, 4.69) is 11.7 Å². The summed E-state index contributed by atoms with van der Waals surface area (Å²) in [5, 5.41) is 0. The fourth-order valence-electron chi connectivity index (χ4n) is 2.57. The van der Waals surface area contributed by atoms with Crippen LogP contribution in [0.4, 0.5) is 4.79 Å². The van der Waals surface area contributed by atoms with Gasteiger partial charge >= 0.3 is 12.1 Å². The Morgan fingerprint density at radius 2 is 1.36 bits per heavy atom. The van der Waals surface area contributed by atoms with Crippen LogP contribution in [0.5, 0.6) is 0 Å². The number of carbonyl (C=O) groups excluding carboxylic acids is 2. The Balaban J connectivity index is 3.84. The predicted molar refractivity (Wildman–Crippen MR) is 88.7 cm³/mol. The lowest BCUT2D eigenvalue weighted by Gasteiger charge is -2.14. The number of carbonyl (C=O) groups is 2. The minimum atomic E-state index is -0.871. The van der Waals surface area contributed by atoms with Gasteiger partial charge in [-0.3, -0.25) is 4.79 Å². The van der Waals surface area contributed by atoms with Gasteiger partial charge in [-0.2, -0.15) is 0 Å². The molecule has 0 bridgehead atoms. The summed E-state index contributed by atoms with van der Waals surface area (Å²) in [6.45, 7) is 6.18. The first-order valence-corrected chi connectivity index (χ1v) is 9.04. The molecule has 0 amide bonds. The van der Waals surface area contributed by atoms with Gasteiger partial charge in [-0.25, -0.2) is 4.79 Å². The topological polar surface area (TPSA) is 52.6 Å². The molecule has 0 aromatic carbocycles. The molecular weight excluding hydrogens is 280 g/mol. The van der Waals surface area contributed by atoms with Crippen LogP contribution in [0.1, 0.15) is 91.4 Å². The summed E-state index contributed by atoms with van der Waals surface area (Å²) in [6, 6.07) is 0. The SMILES string of the molecule is CCCCCCCCCCC(CCC)C(=O)OC(=O)OCC. The van der Waals surface area contributed by atoms with Gasteiger partial charge in [0.25, 0.3) is 0 Å². The zero-order chi connectivity index (χ0) is 16.6. The Morgan fingerprint density at radius 3 is 1.91 bits per heavy atom. The van der Waals surface area contributed by atoms with Crippen molar-refractivity contribution in [1.82, 2.24) is 0 Å². The van der Waals surface area contributed by atoms with Crippen LogP contribution in [-0.2, 0) is 14.3 Å². The van der Waals surface area contributed by atoms with Crippen LogP contribution in [0.3, 0.4) is 0 Å². The summed E-state index contributed by atoms with van der Waals surface area (Å²) in [5.41, 5.74) is 0. The predicted octanol–water partition coefficient (Wildman–Crippen LogP) is 5.63. The van der Waals surface area contributed by atoms with E-state index in [0.29, 0.717) is 0 Å². The monoisotopic (exact) mass is 314 g/mol. The van der Waals surface area contributed by atoms with Crippen LogP contribution in [0.25, 0.3) is 0 Å².